The number of alkyl halides is 1. The number of ether oxygens (including phenoxy) is 1. The molecule has 0 amide bonds. The Morgan fingerprint density at radius 2 is 2.14 bits per heavy atom. The van der Waals surface area contributed by atoms with E-state index in [4.69, 9.17) is 16.3 Å². The minimum absolute atomic E-state index is 0.547. The van der Waals surface area contributed by atoms with Gasteiger partial charge >= 0.3 is 0 Å². The molecule has 0 fully saturated rings. The van der Waals surface area contributed by atoms with Crippen LogP contribution in [0.15, 0.2) is 29.4 Å². The second-order valence-electron chi connectivity index (χ2n) is 7.14. The monoisotopic (exact) mass is 339 g/mol. The minimum Gasteiger partial charge on any atom is -0.361 e. The van der Waals surface area contributed by atoms with Crippen molar-refractivity contribution in [3.63, 3.8) is 0 Å². The molecule has 0 saturated carbocycles. The highest BCUT2D eigenvalue weighted by molar-refractivity contribution is 6.76. The van der Waals surface area contributed by atoms with Gasteiger partial charge in [0.2, 0.25) is 0 Å². The molecule has 1 aromatic heterocycles. The van der Waals surface area contributed by atoms with E-state index in [-0.39, 0.29) is 0 Å². The van der Waals surface area contributed by atoms with Crippen LogP contribution in [0.1, 0.15) is 19.5 Å². The smallest absolute Gasteiger partial charge is 0.131 e. The lowest BCUT2D eigenvalue weighted by Crippen LogP contribution is -2.40. The van der Waals surface area contributed by atoms with Gasteiger partial charge in [-0.15, -0.1) is 0 Å². The van der Waals surface area contributed by atoms with Gasteiger partial charge in [-0.1, -0.05) is 31.2 Å². The van der Waals surface area contributed by atoms with E-state index in [1.165, 1.54) is 6.04 Å². The molecule has 0 spiro atoms. The zero-order chi connectivity index (χ0) is 16.4. The minimum atomic E-state index is -1.05. The van der Waals surface area contributed by atoms with Crippen LogP contribution in [0.5, 0.6) is 0 Å². The Bertz CT molecular complexity index is 584. The molecule has 0 bridgehead atoms. The van der Waals surface area contributed by atoms with Crippen molar-refractivity contribution in [2.24, 2.45) is 4.99 Å². The summed E-state index contributed by atoms with van der Waals surface area (Å²) in [5, 5.41) is 3.14. The molecule has 1 unspecified atom stereocenters. The molecule has 2 rings (SSSR count). The Labute approximate surface area is 139 Å². The maximum absolute atomic E-state index is 6.40. The van der Waals surface area contributed by atoms with E-state index in [0.717, 1.165) is 23.8 Å². The molecular weight excluding hydrogens is 314 g/mol. The molecule has 1 aliphatic heterocycles. The molecule has 22 heavy (non-hydrogen) atoms. The maximum Gasteiger partial charge on any atom is 0.131 e. The van der Waals surface area contributed by atoms with Gasteiger partial charge in [0.25, 0.3) is 0 Å². The van der Waals surface area contributed by atoms with Gasteiger partial charge in [0, 0.05) is 20.9 Å². The van der Waals surface area contributed by atoms with Gasteiger partial charge in [0.05, 0.1) is 11.4 Å². The lowest BCUT2D eigenvalue weighted by atomic mass is 10.2. The number of rotatable bonds is 6. The highest BCUT2D eigenvalue weighted by Crippen LogP contribution is 2.26. The Hall–Kier alpha value is -1.04. The lowest BCUT2D eigenvalue weighted by molar-refractivity contribution is 0.0869. The number of amidine groups is 1. The molecule has 0 radical (unpaired) electrons. The third-order valence-corrected chi connectivity index (χ3v) is 5.35. The average Bonchev–Trinajstić information content (AvgIpc) is 2.79. The predicted octanol–water partition coefficient (Wildman–Crippen LogP) is 4.12. The van der Waals surface area contributed by atoms with Crippen LogP contribution in [-0.4, -0.2) is 30.1 Å². The van der Waals surface area contributed by atoms with Crippen molar-refractivity contribution in [1.29, 1.82) is 0 Å². The zero-order valence-corrected chi connectivity index (χ0v) is 15.9. The zero-order valence-electron chi connectivity index (χ0n) is 14.1. The van der Waals surface area contributed by atoms with E-state index in [9.17, 15) is 0 Å². The Morgan fingerprint density at radius 1 is 1.41 bits per heavy atom. The van der Waals surface area contributed by atoms with Gasteiger partial charge in [0.1, 0.15) is 17.6 Å². The fourth-order valence-electron chi connectivity index (χ4n) is 2.32. The van der Waals surface area contributed by atoms with Gasteiger partial charge in [-0.25, -0.2) is 4.99 Å². The van der Waals surface area contributed by atoms with Gasteiger partial charge < -0.3 is 14.6 Å². The molecule has 1 aliphatic rings. The molecule has 1 N–H and O–H groups in total. The fourth-order valence-corrected chi connectivity index (χ4v) is 3.32. The topological polar surface area (TPSA) is 38.5 Å². The third kappa shape index (κ3) is 5.00. The van der Waals surface area contributed by atoms with Crippen molar-refractivity contribution in [2.45, 2.75) is 51.3 Å². The SMILES string of the molecule is CC1=NC(c2cccn2COCC[Si](C)(C)C)=CC(C)(Cl)N1. The summed E-state index contributed by atoms with van der Waals surface area (Å²) in [4.78, 5) is 3.96. The summed E-state index contributed by atoms with van der Waals surface area (Å²) < 4.78 is 7.91. The van der Waals surface area contributed by atoms with Crippen molar-refractivity contribution in [3.8, 4) is 0 Å². The van der Waals surface area contributed by atoms with Crippen LogP contribution >= 0.6 is 11.6 Å². The molecule has 122 valence electrons. The molecule has 4 nitrogen and oxygen atoms in total. The standard InChI is InChI=1S/C16H26ClN3OSi/c1-13-18-14(11-16(2,17)19-13)15-7-6-8-20(15)12-21-9-10-22(3,4)5/h6-8,11H,9-10,12H2,1-5H3,(H,18,19). The van der Waals surface area contributed by atoms with Gasteiger partial charge in [0.15, 0.2) is 0 Å². The van der Waals surface area contributed by atoms with Crippen molar-refractivity contribution in [1.82, 2.24) is 9.88 Å². The summed E-state index contributed by atoms with van der Waals surface area (Å²) in [7, 11) is -1.05. The second kappa shape index (κ2) is 6.60. The van der Waals surface area contributed by atoms with Crippen molar-refractivity contribution >= 4 is 31.2 Å². The van der Waals surface area contributed by atoms with Crippen molar-refractivity contribution in [2.75, 3.05) is 6.61 Å². The van der Waals surface area contributed by atoms with Gasteiger partial charge in [-0.2, -0.15) is 0 Å². The number of nitrogens with one attached hydrogen (secondary N) is 1. The predicted molar refractivity (Wildman–Crippen MR) is 97.0 cm³/mol. The summed E-state index contributed by atoms with van der Waals surface area (Å²) in [5.41, 5.74) is 1.91. The van der Waals surface area contributed by atoms with Crippen LogP contribution in [0.25, 0.3) is 5.70 Å². The summed E-state index contributed by atoms with van der Waals surface area (Å²) in [5.74, 6) is 0.822. The molecule has 0 saturated heterocycles. The Kier molecular flexibility index (Phi) is 5.20. The summed E-state index contributed by atoms with van der Waals surface area (Å²) in [6.45, 7) is 12.3. The van der Waals surface area contributed by atoms with Crippen LogP contribution in [-0.2, 0) is 11.5 Å². The molecule has 1 aromatic rings. The molecule has 0 aromatic carbocycles. The van der Waals surface area contributed by atoms with Crippen molar-refractivity contribution < 1.29 is 4.74 Å². The highest BCUT2D eigenvalue weighted by atomic mass is 35.5. The Balaban J connectivity index is 2.05. The van der Waals surface area contributed by atoms with Gasteiger partial charge in [-0.05, 0) is 38.1 Å². The summed E-state index contributed by atoms with van der Waals surface area (Å²) >= 11 is 6.40. The maximum atomic E-state index is 6.40. The number of aromatic nitrogens is 1. The first-order valence-corrected chi connectivity index (χ1v) is 11.7. The van der Waals surface area contributed by atoms with E-state index in [1.54, 1.807) is 0 Å². The van der Waals surface area contributed by atoms with Crippen LogP contribution in [0.3, 0.4) is 0 Å². The van der Waals surface area contributed by atoms with Gasteiger partial charge in [-0.3, -0.25) is 0 Å². The van der Waals surface area contributed by atoms with E-state index in [1.807, 2.05) is 38.3 Å². The number of hydrogen-bond donors (Lipinski definition) is 1. The molecule has 2 heterocycles. The van der Waals surface area contributed by atoms with E-state index in [0.29, 0.717) is 6.73 Å². The van der Waals surface area contributed by atoms with Crippen LogP contribution in [0, 0.1) is 0 Å². The quantitative estimate of drug-likeness (QED) is 0.366. The van der Waals surface area contributed by atoms with Crippen LogP contribution in [0.2, 0.25) is 25.7 Å². The first kappa shape index (κ1) is 17.3. The van der Waals surface area contributed by atoms with Crippen molar-refractivity contribution in [3.05, 3.63) is 30.1 Å². The molecular formula is C16H26ClN3OSi. The number of aliphatic imine (C=N–C) groups is 1. The number of halogens is 1. The second-order valence-corrected chi connectivity index (χ2v) is 13.5. The highest BCUT2D eigenvalue weighted by Gasteiger charge is 2.24. The summed E-state index contributed by atoms with van der Waals surface area (Å²) in [6, 6.07) is 5.23. The first-order chi connectivity index (χ1) is 10.2. The van der Waals surface area contributed by atoms with Crippen LogP contribution < -0.4 is 5.32 Å². The third-order valence-electron chi connectivity index (χ3n) is 3.44. The average molecular weight is 340 g/mol. The largest absolute Gasteiger partial charge is 0.361 e. The molecule has 6 heteroatoms. The molecule has 0 aliphatic carbocycles. The first-order valence-electron chi connectivity index (χ1n) is 7.65. The lowest BCUT2D eigenvalue weighted by Gasteiger charge is -2.26. The van der Waals surface area contributed by atoms with E-state index >= 15 is 0 Å². The number of hydrogen-bond acceptors (Lipinski definition) is 3. The van der Waals surface area contributed by atoms with Crippen LogP contribution in [0.4, 0.5) is 0 Å². The normalized spacial score (nSPS) is 22.1. The number of nitrogens with zero attached hydrogens (tertiary/aromatic N) is 2. The van der Waals surface area contributed by atoms with E-state index < -0.39 is 13.1 Å². The fraction of sp³-hybridized carbons (Fsp3) is 0.562. The molecule has 1 atom stereocenters. The van der Waals surface area contributed by atoms with E-state index in [2.05, 4.69) is 34.5 Å². The Morgan fingerprint density at radius 3 is 2.77 bits per heavy atom. The summed E-state index contributed by atoms with van der Waals surface area (Å²) in [6.07, 6.45) is 3.96.